The highest BCUT2D eigenvalue weighted by molar-refractivity contribution is 5.91. The fourth-order valence-electron chi connectivity index (χ4n) is 2.51. The minimum Gasteiger partial charge on any atom is -0.479 e. The van der Waals surface area contributed by atoms with Crippen molar-refractivity contribution in [2.45, 2.75) is 37.9 Å². The number of carboxylic acids is 2. The van der Waals surface area contributed by atoms with Gasteiger partial charge in [0.1, 0.15) is 0 Å². The van der Waals surface area contributed by atoms with Crippen LogP contribution in [0.25, 0.3) is 0 Å². The lowest BCUT2D eigenvalue weighted by Gasteiger charge is -2.21. The van der Waals surface area contributed by atoms with Gasteiger partial charge in [-0.05, 0) is 37.8 Å². The quantitative estimate of drug-likeness (QED) is 0.661. The number of ether oxygens (including phenoxy) is 1. The Bertz CT molecular complexity index is 361. The van der Waals surface area contributed by atoms with E-state index in [1.54, 1.807) is 13.8 Å². The molecule has 15 heavy (non-hydrogen) atoms. The molecule has 2 heterocycles. The molecule has 82 valence electrons. The standard InChI is InChI=1S/C10H12O5/c1-5-6(2)10(8(13)14)4-3-9(5,15-10)7(11)12/h3-4H2,1-2H3,(H,11,12)(H,13,14). The van der Waals surface area contributed by atoms with Gasteiger partial charge in [-0.3, -0.25) is 0 Å². The SMILES string of the molecule is CC1=C(C)C2(C(=O)O)CCC1(C(=O)O)O2. The lowest BCUT2D eigenvalue weighted by molar-refractivity contribution is -0.171. The van der Waals surface area contributed by atoms with E-state index in [4.69, 9.17) is 14.9 Å². The van der Waals surface area contributed by atoms with E-state index in [9.17, 15) is 9.59 Å². The summed E-state index contributed by atoms with van der Waals surface area (Å²) in [7, 11) is 0. The molecule has 1 saturated heterocycles. The molecule has 2 rings (SSSR count). The van der Waals surface area contributed by atoms with Crippen molar-refractivity contribution in [3.8, 4) is 0 Å². The molecule has 0 amide bonds. The first kappa shape index (κ1) is 10.2. The van der Waals surface area contributed by atoms with E-state index in [0.29, 0.717) is 11.1 Å². The molecule has 2 aliphatic heterocycles. The molecule has 0 aromatic carbocycles. The van der Waals surface area contributed by atoms with Crippen LogP contribution in [0.15, 0.2) is 11.1 Å². The third-order valence-corrected chi connectivity index (χ3v) is 3.64. The summed E-state index contributed by atoms with van der Waals surface area (Å²) in [6, 6.07) is 0. The molecule has 0 radical (unpaired) electrons. The van der Waals surface area contributed by atoms with Gasteiger partial charge in [0.05, 0.1) is 0 Å². The van der Waals surface area contributed by atoms with Crippen LogP contribution < -0.4 is 0 Å². The fourth-order valence-corrected chi connectivity index (χ4v) is 2.51. The zero-order valence-corrected chi connectivity index (χ0v) is 8.53. The van der Waals surface area contributed by atoms with Crippen molar-refractivity contribution in [2.24, 2.45) is 0 Å². The van der Waals surface area contributed by atoms with Crippen LogP contribution in [-0.2, 0) is 14.3 Å². The zero-order valence-electron chi connectivity index (χ0n) is 8.53. The number of hydrogen-bond donors (Lipinski definition) is 2. The van der Waals surface area contributed by atoms with Gasteiger partial charge < -0.3 is 14.9 Å². The number of carboxylic acid groups (broad SMARTS) is 2. The van der Waals surface area contributed by atoms with E-state index in [0.717, 1.165) is 0 Å². The van der Waals surface area contributed by atoms with Gasteiger partial charge in [0.2, 0.25) is 0 Å². The highest BCUT2D eigenvalue weighted by Gasteiger charge is 2.65. The Labute approximate surface area is 86.3 Å². The van der Waals surface area contributed by atoms with Crippen LogP contribution in [0.2, 0.25) is 0 Å². The molecule has 0 aliphatic carbocycles. The van der Waals surface area contributed by atoms with Gasteiger partial charge >= 0.3 is 11.9 Å². The third kappa shape index (κ3) is 0.911. The zero-order chi connectivity index (χ0) is 11.4. The van der Waals surface area contributed by atoms with Gasteiger partial charge in [0.15, 0.2) is 11.2 Å². The average Bonchev–Trinajstić information content (AvgIpc) is 2.65. The van der Waals surface area contributed by atoms with Gasteiger partial charge in [-0.15, -0.1) is 0 Å². The van der Waals surface area contributed by atoms with E-state index in [-0.39, 0.29) is 12.8 Å². The molecule has 2 unspecified atom stereocenters. The fraction of sp³-hybridized carbons (Fsp3) is 0.600. The molecule has 2 N–H and O–H groups in total. The Morgan fingerprint density at radius 1 is 1.07 bits per heavy atom. The summed E-state index contributed by atoms with van der Waals surface area (Å²) >= 11 is 0. The maximum atomic E-state index is 11.1. The Balaban J connectivity index is 2.58. The lowest BCUT2D eigenvalue weighted by Crippen LogP contribution is -2.40. The van der Waals surface area contributed by atoms with Crippen LogP contribution in [0.1, 0.15) is 26.7 Å². The molecule has 2 atom stereocenters. The number of rotatable bonds is 2. The monoisotopic (exact) mass is 212 g/mol. The van der Waals surface area contributed by atoms with Crippen molar-refractivity contribution in [1.29, 1.82) is 0 Å². The molecule has 0 aromatic rings. The summed E-state index contributed by atoms with van der Waals surface area (Å²) < 4.78 is 5.32. The maximum absolute atomic E-state index is 11.1. The van der Waals surface area contributed by atoms with Crippen molar-refractivity contribution >= 4 is 11.9 Å². The number of fused-ring (bicyclic) bond motifs is 2. The molecule has 5 nitrogen and oxygen atoms in total. The van der Waals surface area contributed by atoms with E-state index in [1.165, 1.54) is 0 Å². The Morgan fingerprint density at radius 2 is 1.40 bits per heavy atom. The molecular weight excluding hydrogens is 200 g/mol. The van der Waals surface area contributed by atoms with Crippen LogP contribution >= 0.6 is 0 Å². The summed E-state index contributed by atoms with van der Waals surface area (Å²) in [4.78, 5) is 22.3. The Morgan fingerprint density at radius 3 is 1.60 bits per heavy atom. The highest BCUT2D eigenvalue weighted by Crippen LogP contribution is 2.54. The molecule has 5 heteroatoms. The predicted octanol–water partition coefficient (Wildman–Crippen LogP) is 0.794. The summed E-state index contributed by atoms with van der Waals surface area (Å²) in [6.07, 6.45) is 0.468. The number of carbonyl (C=O) groups is 2. The van der Waals surface area contributed by atoms with Gasteiger partial charge in [0.25, 0.3) is 0 Å². The summed E-state index contributed by atoms with van der Waals surface area (Å²) in [5.74, 6) is -2.19. The number of hydrogen-bond acceptors (Lipinski definition) is 3. The normalized spacial score (nSPS) is 38.5. The molecule has 2 bridgehead atoms. The van der Waals surface area contributed by atoms with Crippen LogP contribution in [0.5, 0.6) is 0 Å². The minimum atomic E-state index is -1.40. The minimum absolute atomic E-state index is 0.234. The molecule has 0 spiro atoms. The molecule has 0 saturated carbocycles. The Hall–Kier alpha value is -1.36. The van der Waals surface area contributed by atoms with E-state index >= 15 is 0 Å². The van der Waals surface area contributed by atoms with Crippen LogP contribution in [0.3, 0.4) is 0 Å². The first-order valence-electron chi connectivity index (χ1n) is 4.72. The second-order valence-electron chi connectivity index (χ2n) is 4.12. The average molecular weight is 212 g/mol. The second-order valence-corrected chi connectivity index (χ2v) is 4.12. The molecule has 0 aromatic heterocycles. The first-order chi connectivity index (χ1) is 6.87. The van der Waals surface area contributed by atoms with Crippen molar-refractivity contribution in [3.63, 3.8) is 0 Å². The molecular formula is C10H12O5. The lowest BCUT2D eigenvalue weighted by atomic mass is 9.78. The van der Waals surface area contributed by atoms with E-state index < -0.39 is 23.1 Å². The van der Waals surface area contributed by atoms with E-state index in [2.05, 4.69) is 0 Å². The Kier molecular flexibility index (Phi) is 1.77. The highest BCUT2D eigenvalue weighted by atomic mass is 16.6. The van der Waals surface area contributed by atoms with Crippen molar-refractivity contribution in [2.75, 3.05) is 0 Å². The second kappa shape index (κ2) is 2.61. The molecule has 2 aliphatic rings. The van der Waals surface area contributed by atoms with Crippen molar-refractivity contribution < 1.29 is 24.5 Å². The largest absolute Gasteiger partial charge is 0.479 e. The predicted molar refractivity (Wildman–Crippen MR) is 49.4 cm³/mol. The van der Waals surface area contributed by atoms with Gasteiger partial charge in [0, 0.05) is 0 Å². The van der Waals surface area contributed by atoms with Gasteiger partial charge in [-0.2, -0.15) is 0 Å². The maximum Gasteiger partial charge on any atom is 0.340 e. The topological polar surface area (TPSA) is 83.8 Å². The third-order valence-electron chi connectivity index (χ3n) is 3.64. The summed E-state index contributed by atoms with van der Waals surface area (Å²) in [6.45, 7) is 3.26. The van der Waals surface area contributed by atoms with Crippen LogP contribution in [0, 0.1) is 0 Å². The van der Waals surface area contributed by atoms with Crippen molar-refractivity contribution in [1.82, 2.24) is 0 Å². The van der Waals surface area contributed by atoms with Gasteiger partial charge in [-0.1, -0.05) is 0 Å². The van der Waals surface area contributed by atoms with Crippen molar-refractivity contribution in [3.05, 3.63) is 11.1 Å². The first-order valence-corrected chi connectivity index (χ1v) is 4.72. The smallest absolute Gasteiger partial charge is 0.340 e. The van der Waals surface area contributed by atoms with E-state index in [1.807, 2.05) is 0 Å². The summed E-state index contributed by atoms with van der Waals surface area (Å²) in [5.41, 5.74) is -1.74. The summed E-state index contributed by atoms with van der Waals surface area (Å²) in [5, 5.41) is 18.2. The molecule has 1 fully saturated rings. The van der Waals surface area contributed by atoms with Gasteiger partial charge in [-0.25, -0.2) is 9.59 Å². The van der Waals surface area contributed by atoms with Crippen LogP contribution in [0.4, 0.5) is 0 Å². The number of aliphatic carboxylic acids is 2. The van der Waals surface area contributed by atoms with Crippen LogP contribution in [-0.4, -0.2) is 33.4 Å².